The first-order valence-electron chi connectivity index (χ1n) is 5.75. The van der Waals surface area contributed by atoms with E-state index < -0.39 is 0 Å². The molecule has 2 aromatic rings. The molecular weight excluding hydrogens is 228 g/mol. The summed E-state index contributed by atoms with van der Waals surface area (Å²) in [6.45, 7) is 3.12. The molecule has 3 N–H and O–H groups in total. The average Bonchev–Trinajstić information content (AvgIpc) is 2.37. The molecule has 0 saturated heterocycles. The van der Waals surface area contributed by atoms with Gasteiger partial charge in [0.25, 0.3) is 0 Å². The number of ether oxygens (including phenoxy) is 1. The Morgan fingerprint density at radius 2 is 2.06 bits per heavy atom. The standard InChI is InChI=1S/C13H16N4O/c1-10-8-16-13(17-9-10)15-5-6-18-12-4-2-3-11(14)7-12/h2-4,7-9H,5-6,14H2,1H3,(H,15,16,17). The number of aromatic nitrogens is 2. The summed E-state index contributed by atoms with van der Waals surface area (Å²) in [7, 11) is 0. The summed E-state index contributed by atoms with van der Waals surface area (Å²) in [5.41, 5.74) is 7.39. The van der Waals surface area contributed by atoms with Crippen LogP contribution in [0.4, 0.5) is 11.6 Å². The van der Waals surface area contributed by atoms with Crippen molar-refractivity contribution in [3.05, 3.63) is 42.2 Å². The maximum Gasteiger partial charge on any atom is 0.222 e. The summed E-state index contributed by atoms with van der Waals surface area (Å²) < 4.78 is 5.53. The van der Waals surface area contributed by atoms with E-state index in [0.29, 0.717) is 24.8 Å². The fraction of sp³-hybridized carbons (Fsp3) is 0.231. The Labute approximate surface area is 106 Å². The molecule has 0 aliphatic heterocycles. The van der Waals surface area contributed by atoms with E-state index in [0.717, 1.165) is 11.3 Å². The van der Waals surface area contributed by atoms with E-state index in [4.69, 9.17) is 10.5 Å². The molecule has 2 rings (SSSR count). The fourth-order valence-electron chi connectivity index (χ4n) is 1.42. The Hall–Kier alpha value is -2.30. The van der Waals surface area contributed by atoms with Crippen LogP contribution in [0.1, 0.15) is 5.56 Å². The number of hydrogen-bond acceptors (Lipinski definition) is 5. The second kappa shape index (κ2) is 5.86. The summed E-state index contributed by atoms with van der Waals surface area (Å²) in [4.78, 5) is 8.28. The van der Waals surface area contributed by atoms with Crippen LogP contribution in [0, 0.1) is 6.92 Å². The number of nitrogens with one attached hydrogen (secondary N) is 1. The molecule has 1 heterocycles. The van der Waals surface area contributed by atoms with E-state index in [-0.39, 0.29) is 0 Å². The summed E-state index contributed by atoms with van der Waals surface area (Å²) >= 11 is 0. The molecule has 0 bridgehead atoms. The lowest BCUT2D eigenvalue weighted by Gasteiger charge is -2.07. The van der Waals surface area contributed by atoms with Gasteiger partial charge in [0.05, 0.1) is 6.54 Å². The van der Waals surface area contributed by atoms with Crippen molar-refractivity contribution in [3.63, 3.8) is 0 Å². The molecule has 1 aromatic carbocycles. The highest BCUT2D eigenvalue weighted by Crippen LogP contribution is 2.13. The maximum atomic E-state index is 5.65. The highest BCUT2D eigenvalue weighted by Gasteiger charge is 1.96. The first-order valence-corrected chi connectivity index (χ1v) is 5.75. The SMILES string of the molecule is Cc1cnc(NCCOc2cccc(N)c2)nc1. The molecule has 0 aliphatic rings. The fourth-order valence-corrected chi connectivity index (χ4v) is 1.42. The van der Waals surface area contributed by atoms with Crippen LogP contribution in [0.5, 0.6) is 5.75 Å². The van der Waals surface area contributed by atoms with Crippen LogP contribution in [-0.2, 0) is 0 Å². The Morgan fingerprint density at radius 3 is 2.78 bits per heavy atom. The van der Waals surface area contributed by atoms with Gasteiger partial charge < -0.3 is 15.8 Å². The quantitative estimate of drug-likeness (QED) is 0.620. The van der Waals surface area contributed by atoms with Crippen molar-refractivity contribution >= 4 is 11.6 Å². The lowest BCUT2D eigenvalue weighted by atomic mass is 10.3. The number of nitrogens with zero attached hydrogens (tertiary/aromatic N) is 2. The number of hydrogen-bond donors (Lipinski definition) is 2. The lowest BCUT2D eigenvalue weighted by Crippen LogP contribution is -2.13. The summed E-state index contributed by atoms with van der Waals surface area (Å²) in [5.74, 6) is 1.37. The Balaban J connectivity index is 1.74. The molecule has 5 heteroatoms. The Kier molecular flexibility index (Phi) is 3.96. The topological polar surface area (TPSA) is 73.1 Å². The van der Waals surface area contributed by atoms with Gasteiger partial charge in [0, 0.05) is 24.1 Å². The van der Waals surface area contributed by atoms with Crippen molar-refractivity contribution < 1.29 is 4.74 Å². The van der Waals surface area contributed by atoms with Gasteiger partial charge in [-0.15, -0.1) is 0 Å². The molecule has 0 amide bonds. The van der Waals surface area contributed by atoms with Crippen LogP contribution in [0.25, 0.3) is 0 Å². The third-order valence-electron chi connectivity index (χ3n) is 2.29. The van der Waals surface area contributed by atoms with E-state index in [1.807, 2.05) is 25.1 Å². The van der Waals surface area contributed by atoms with Gasteiger partial charge in [-0.3, -0.25) is 0 Å². The first-order chi connectivity index (χ1) is 8.74. The van der Waals surface area contributed by atoms with Crippen LogP contribution in [0.2, 0.25) is 0 Å². The second-order valence-electron chi connectivity index (χ2n) is 3.93. The molecular formula is C13H16N4O. The van der Waals surface area contributed by atoms with E-state index in [2.05, 4.69) is 15.3 Å². The minimum atomic E-state index is 0.528. The molecule has 0 atom stereocenters. The summed E-state index contributed by atoms with van der Waals surface area (Å²) in [5, 5.41) is 3.08. The number of nitrogen functional groups attached to an aromatic ring is 1. The van der Waals surface area contributed by atoms with Crippen molar-refractivity contribution in [2.24, 2.45) is 0 Å². The van der Waals surface area contributed by atoms with E-state index in [1.165, 1.54) is 0 Å². The van der Waals surface area contributed by atoms with Gasteiger partial charge in [-0.2, -0.15) is 0 Å². The average molecular weight is 244 g/mol. The van der Waals surface area contributed by atoms with Crippen molar-refractivity contribution in [3.8, 4) is 5.75 Å². The van der Waals surface area contributed by atoms with Gasteiger partial charge in [-0.1, -0.05) is 6.07 Å². The van der Waals surface area contributed by atoms with E-state index in [9.17, 15) is 0 Å². The zero-order valence-corrected chi connectivity index (χ0v) is 10.3. The van der Waals surface area contributed by atoms with Crippen LogP contribution in [0.3, 0.4) is 0 Å². The zero-order valence-electron chi connectivity index (χ0n) is 10.3. The Morgan fingerprint density at radius 1 is 1.28 bits per heavy atom. The predicted octanol–water partition coefficient (Wildman–Crippen LogP) is 1.86. The van der Waals surface area contributed by atoms with E-state index in [1.54, 1.807) is 18.5 Å². The van der Waals surface area contributed by atoms with Gasteiger partial charge in [0.2, 0.25) is 5.95 Å². The van der Waals surface area contributed by atoms with Gasteiger partial charge in [0.1, 0.15) is 12.4 Å². The number of nitrogens with two attached hydrogens (primary N) is 1. The van der Waals surface area contributed by atoms with Crippen molar-refractivity contribution in [1.82, 2.24) is 9.97 Å². The lowest BCUT2D eigenvalue weighted by molar-refractivity contribution is 0.333. The number of rotatable bonds is 5. The molecule has 5 nitrogen and oxygen atoms in total. The summed E-state index contributed by atoms with van der Waals surface area (Å²) in [6, 6.07) is 7.35. The minimum absolute atomic E-state index is 0.528. The largest absolute Gasteiger partial charge is 0.492 e. The van der Waals surface area contributed by atoms with Crippen LogP contribution in [0.15, 0.2) is 36.7 Å². The van der Waals surface area contributed by atoms with Crippen molar-refractivity contribution in [2.45, 2.75) is 6.92 Å². The summed E-state index contributed by atoms with van der Waals surface area (Å²) in [6.07, 6.45) is 3.54. The maximum absolute atomic E-state index is 5.65. The zero-order chi connectivity index (χ0) is 12.8. The normalized spacial score (nSPS) is 10.1. The van der Waals surface area contributed by atoms with Gasteiger partial charge in [-0.25, -0.2) is 9.97 Å². The molecule has 0 aliphatic carbocycles. The third kappa shape index (κ3) is 3.62. The van der Waals surface area contributed by atoms with Crippen molar-refractivity contribution in [1.29, 1.82) is 0 Å². The van der Waals surface area contributed by atoms with Gasteiger partial charge >= 0.3 is 0 Å². The minimum Gasteiger partial charge on any atom is -0.492 e. The van der Waals surface area contributed by atoms with Crippen molar-refractivity contribution in [2.75, 3.05) is 24.2 Å². The van der Waals surface area contributed by atoms with Gasteiger partial charge in [-0.05, 0) is 24.6 Å². The number of anilines is 2. The third-order valence-corrected chi connectivity index (χ3v) is 2.29. The monoisotopic (exact) mass is 244 g/mol. The first kappa shape index (κ1) is 12.2. The molecule has 1 aromatic heterocycles. The van der Waals surface area contributed by atoms with Gasteiger partial charge in [0.15, 0.2) is 0 Å². The second-order valence-corrected chi connectivity index (χ2v) is 3.93. The van der Waals surface area contributed by atoms with E-state index >= 15 is 0 Å². The van der Waals surface area contributed by atoms with Crippen LogP contribution >= 0.6 is 0 Å². The smallest absolute Gasteiger partial charge is 0.222 e. The molecule has 94 valence electrons. The van der Waals surface area contributed by atoms with Crippen LogP contribution in [-0.4, -0.2) is 23.1 Å². The van der Waals surface area contributed by atoms with Crippen LogP contribution < -0.4 is 15.8 Å². The molecule has 0 unspecified atom stereocenters. The number of benzene rings is 1. The predicted molar refractivity (Wildman–Crippen MR) is 71.6 cm³/mol. The number of aryl methyl sites for hydroxylation is 1. The Bertz CT molecular complexity index is 499. The molecule has 0 spiro atoms. The molecule has 0 radical (unpaired) electrons. The molecule has 0 saturated carbocycles. The highest BCUT2D eigenvalue weighted by molar-refractivity contribution is 5.43. The molecule has 0 fully saturated rings. The molecule has 18 heavy (non-hydrogen) atoms. The highest BCUT2D eigenvalue weighted by atomic mass is 16.5.